The third-order valence-electron chi connectivity index (χ3n) is 5.63. The fourth-order valence-electron chi connectivity index (χ4n) is 4.84. The normalized spacial score (nSPS) is 44.1. The molecule has 3 heteroatoms. The van der Waals surface area contributed by atoms with E-state index in [1.807, 2.05) is 0 Å². The molecular formula is C15H24N2O. The molecule has 0 aromatic heterocycles. The number of nitrogens with one attached hydrogen (secondary N) is 1. The van der Waals surface area contributed by atoms with Gasteiger partial charge in [0.15, 0.2) is 0 Å². The molecule has 2 bridgehead atoms. The number of piperidine rings is 2. The van der Waals surface area contributed by atoms with Gasteiger partial charge < -0.3 is 10.4 Å². The van der Waals surface area contributed by atoms with Crippen molar-refractivity contribution in [1.29, 1.82) is 0 Å². The lowest BCUT2D eigenvalue weighted by molar-refractivity contribution is -0.0300. The summed E-state index contributed by atoms with van der Waals surface area (Å²) < 4.78 is 0. The van der Waals surface area contributed by atoms with Gasteiger partial charge in [-0.3, -0.25) is 4.90 Å². The van der Waals surface area contributed by atoms with Crippen LogP contribution in [0.3, 0.4) is 0 Å². The Morgan fingerprint density at radius 3 is 3.11 bits per heavy atom. The zero-order valence-corrected chi connectivity index (χ0v) is 11.1. The summed E-state index contributed by atoms with van der Waals surface area (Å²) in [5, 5.41) is 14.3. The number of hydrogen-bond donors (Lipinski definition) is 2. The van der Waals surface area contributed by atoms with E-state index in [1.54, 1.807) is 0 Å². The molecule has 3 aliphatic heterocycles. The molecule has 2 N–H and O–H groups in total. The van der Waals surface area contributed by atoms with Gasteiger partial charge in [-0.2, -0.15) is 0 Å². The lowest BCUT2D eigenvalue weighted by Gasteiger charge is -2.53. The van der Waals surface area contributed by atoms with Crippen LogP contribution >= 0.6 is 0 Å². The maximum absolute atomic E-state index is 10.7. The van der Waals surface area contributed by atoms with E-state index in [4.69, 9.17) is 0 Å². The third kappa shape index (κ3) is 1.56. The maximum atomic E-state index is 10.7. The number of aliphatic hydroxyl groups excluding tert-OH is 1. The quantitative estimate of drug-likeness (QED) is 0.682. The molecule has 0 aromatic rings. The Morgan fingerprint density at radius 2 is 2.17 bits per heavy atom. The first-order valence-corrected chi connectivity index (χ1v) is 7.73. The van der Waals surface area contributed by atoms with E-state index in [1.165, 1.54) is 56.5 Å². The van der Waals surface area contributed by atoms with Crippen LogP contribution in [0.15, 0.2) is 11.3 Å². The molecule has 0 aromatic carbocycles. The molecule has 2 fully saturated rings. The first-order valence-electron chi connectivity index (χ1n) is 7.73. The molecule has 0 amide bonds. The molecule has 3 heterocycles. The average Bonchev–Trinajstić information content (AvgIpc) is 2.44. The van der Waals surface area contributed by atoms with Crippen molar-refractivity contribution in [3.63, 3.8) is 0 Å². The van der Waals surface area contributed by atoms with Crippen molar-refractivity contribution in [1.82, 2.24) is 10.2 Å². The van der Waals surface area contributed by atoms with Crippen molar-refractivity contribution in [3.05, 3.63) is 11.3 Å². The highest BCUT2D eigenvalue weighted by Crippen LogP contribution is 2.45. The van der Waals surface area contributed by atoms with Crippen molar-refractivity contribution < 1.29 is 5.11 Å². The monoisotopic (exact) mass is 248 g/mol. The summed E-state index contributed by atoms with van der Waals surface area (Å²) in [5.41, 5.74) is 2.79. The van der Waals surface area contributed by atoms with Gasteiger partial charge in [0.25, 0.3) is 0 Å². The van der Waals surface area contributed by atoms with Crippen molar-refractivity contribution in [2.45, 2.75) is 50.7 Å². The second-order valence-corrected chi connectivity index (χ2v) is 6.57. The van der Waals surface area contributed by atoms with Gasteiger partial charge in [0.1, 0.15) is 0 Å². The highest BCUT2D eigenvalue weighted by Gasteiger charge is 2.47. The Labute approximate surface area is 109 Å². The van der Waals surface area contributed by atoms with E-state index in [9.17, 15) is 5.11 Å². The minimum Gasteiger partial charge on any atom is -0.388 e. The van der Waals surface area contributed by atoms with Crippen molar-refractivity contribution in [2.75, 3.05) is 19.6 Å². The van der Waals surface area contributed by atoms with E-state index in [0.717, 1.165) is 13.0 Å². The van der Waals surface area contributed by atoms with Gasteiger partial charge in [-0.1, -0.05) is 6.42 Å². The molecule has 0 unspecified atom stereocenters. The van der Waals surface area contributed by atoms with Crippen LogP contribution in [0.1, 0.15) is 38.5 Å². The minimum absolute atomic E-state index is 0.157. The van der Waals surface area contributed by atoms with Crippen molar-refractivity contribution in [2.24, 2.45) is 11.8 Å². The van der Waals surface area contributed by atoms with E-state index < -0.39 is 0 Å². The fourth-order valence-corrected chi connectivity index (χ4v) is 4.84. The van der Waals surface area contributed by atoms with Gasteiger partial charge in [0, 0.05) is 36.7 Å². The van der Waals surface area contributed by atoms with E-state index in [-0.39, 0.29) is 6.10 Å². The molecule has 4 aliphatic rings. The van der Waals surface area contributed by atoms with Crippen LogP contribution in [0.5, 0.6) is 0 Å². The number of rotatable bonds is 0. The second-order valence-electron chi connectivity index (χ2n) is 6.57. The summed E-state index contributed by atoms with van der Waals surface area (Å²) in [6.45, 7) is 3.60. The zero-order valence-electron chi connectivity index (χ0n) is 11.1. The Hall–Kier alpha value is -0.540. The SMILES string of the molecule is O[C@H]1C2=C(NCCC2)[C@H]2C[C@@H]1[C@H]1CCCCN1C2. The Balaban J connectivity index is 1.70. The summed E-state index contributed by atoms with van der Waals surface area (Å²) in [4.78, 5) is 2.67. The maximum Gasteiger partial charge on any atom is 0.0813 e. The molecule has 0 spiro atoms. The molecule has 0 saturated carbocycles. The molecule has 100 valence electrons. The molecule has 18 heavy (non-hydrogen) atoms. The largest absolute Gasteiger partial charge is 0.388 e. The summed E-state index contributed by atoms with van der Waals surface area (Å²) in [6, 6.07) is 0.668. The highest BCUT2D eigenvalue weighted by atomic mass is 16.3. The predicted molar refractivity (Wildman–Crippen MR) is 71.1 cm³/mol. The van der Waals surface area contributed by atoms with Crippen LogP contribution in [0.4, 0.5) is 0 Å². The Morgan fingerprint density at radius 1 is 1.22 bits per heavy atom. The standard InChI is InChI=1S/C15H24N2O/c18-15-11-4-3-6-16-14(11)10-8-12(15)13-5-1-2-7-17(13)9-10/h10,12-13,15-16,18H,1-9H2/t10-,12+,13+,15-/m0/s1. The van der Waals surface area contributed by atoms with Crippen molar-refractivity contribution in [3.8, 4) is 0 Å². The van der Waals surface area contributed by atoms with Crippen LogP contribution < -0.4 is 5.32 Å². The third-order valence-corrected chi connectivity index (χ3v) is 5.63. The van der Waals surface area contributed by atoms with Crippen LogP contribution in [0, 0.1) is 11.8 Å². The highest BCUT2D eigenvalue weighted by molar-refractivity contribution is 5.28. The lowest BCUT2D eigenvalue weighted by atomic mass is 9.67. The number of fused-ring (bicyclic) bond motifs is 5. The first kappa shape index (κ1) is 11.3. The molecule has 0 radical (unpaired) electrons. The van der Waals surface area contributed by atoms with Gasteiger partial charge in [0.05, 0.1) is 6.10 Å². The lowest BCUT2D eigenvalue weighted by Crippen LogP contribution is -2.58. The zero-order chi connectivity index (χ0) is 12.1. The van der Waals surface area contributed by atoms with Gasteiger partial charge >= 0.3 is 0 Å². The van der Waals surface area contributed by atoms with Gasteiger partial charge in [-0.25, -0.2) is 0 Å². The van der Waals surface area contributed by atoms with Crippen LogP contribution in [-0.2, 0) is 0 Å². The molecule has 4 atom stereocenters. The molecular weight excluding hydrogens is 224 g/mol. The van der Waals surface area contributed by atoms with Crippen LogP contribution in [-0.4, -0.2) is 41.8 Å². The first-order chi connectivity index (χ1) is 8.84. The van der Waals surface area contributed by atoms with Crippen molar-refractivity contribution >= 4 is 0 Å². The van der Waals surface area contributed by atoms with Gasteiger partial charge in [-0.15, -0.1) is 0 Å². The minimum atomic E-state index is -0.157. The number of aliphatic hydroxyl groups is 1. The topological polar surface area (TPSA) is 35.5 Å². The molecule has 3 nitrogen and oxygen atoms in total. The van der Waals surface area contributed by atoms with Gasteiger partial charge in [-0.05, 0) is 44.2 Å². The molecule has 2 saturated heterocycles. The molecule has 4 rings (SSSR count). The average molecular weight is 248 g/mol. The summed E-state index contributed by atoms with van der Waals surface area (Å²) >= 11 is 0. The Kier molecular flexibility index (Phi) is 2.66. The Bertz CT molecular complexity index is 365. The smallest absolute Gasteiger partial charge is 0.0813 e. The summed E-state index contributed by atoms with van der Waals surface area (Å²) in [5.74, 6) is 1.20. The number of hydrogen-bond acceptors (Lipinski definition) is 3. The second kappa shape index (κ2) is 4.24. The fraction of sp³-hybridized carbons (Fsp3) is 0.867. The van der Waals surface area contributed by atoms with Gasteiger partial charge in [0.2, 0.25) is 0 Å². The molecule has 1 aliphatic carbocycles. The summed E-state index contributed by atoms with van der Waals surface area (Å²) in [6.07, 6.45) is 7.41. The van der Waals surface area contributed by atoms with Crippen LogP contribution in [0.2, 0.25) is 0 Å². The summed E-state index contributed by atoms with van der Waals surface area (Å²) in [7, 11) is 0. The van der Waals surface area contributed by atoms with E-state index in [0.29, 0.717) is 17.9 Å². The predicted octanol–water partition coefficient (Wildman–Crippen LogP) is 1.49. The van der Waals surface area contributed by atoms with E-state index >= 15 is 0 Å². The number of nitrogens with zero attached hydrogens (tertiary/aromatic N) is 1. The van der Waals surface area contributed by atoms with E-state index in [2.05, 4.69) is 10.2 Å². The van der Waals surface area contributed by atoms with Crippen LogP contribution in [0.25, 0.3) is 0 Å².